The maximum absolute atomic E-state index is 12.1. The lowest BCUT2D eigenvalue weighted by atomic mass is 10.1. The molecule has 0 aromatic heterocycles. The fourth-order valence-electron chi connectivity index (χ4n) is 4.26. The van der Waals surface area contributed by atoms with E-state index in [2.05, 4.69) is 19.2 Å². The van der Waals surface area contributed by atoms with Gasteiger partial charge in [-0.2, -0.15) is 0 Å². The summed E-state index contributed by atoms with van der Waals surface area (Å²) in [5.41, 5.74) is 0. The maximum Gasteiger partial charge on any atom is 0.322 e. The summed E-state index contributed by atoms with van der Waals surface area (Å²) in [5.74, 6) is -0.0832. The van der Waals surface area contributed by atoms with Crippen LogP contribution in [0.4, 0.5) is 0 Å². The lowest BCUT2D eigenvalue weighted by Gasteiger charge is -2.13. The Morgan fingerprint density at radius 1 is 0.562 bits per heavy atom. The molecule has 3 heteroatoms. The molecule has 1 unspecified atom stereocenters. The molecular formula is C29H59NO2. The molecule has 0 bridgehead atoms. The molecule has 0 aromatic carbocycles. The number of esters is 1. The van der Waals surface area contributed by atoms with Crippen LogP contribution in [0.25, 0.3) is 0 Å². The van der Waals surface area contributed by atoms with Crippen molar-refractivity contribution in [3.8, 4) is 0 Å². The summed E-state index contributed by atoms with van der Waals surface area (Å²) >= 11 is 0. The smallest absolute Gasteiger partial charge is 0.322 e. The van der Waals surface area contributed by atoms with Crippen LogP contribution in [0.3, 0.4) is 0 Å². The zero-order valence-electron chi connectivity index (χ0n) is 22.4. The molecule has 0 radical (unpaired) electrons. The van der Waals surface area contributed by atoms with Gasteiger partial charge in [-0.15, -0.1) is 0 Å². The predicted molar refractivity (Wildman–Crippen MR) is 141 cm³/mol. The number of hydrogen-bond donors (Lipinski definition) is 1. The molecule has 0 heterocycles. The first kappa shape index (κ1) is 31.4. The summed E-state index contributed by atoms with van der Waals surface area (Å²) in [5, 5.41) is 3.33. The van der Waals surface area contributed by atoms with Gasteiger partial charge in [-0.05, 0) is 26.3 Å². The van der Waals surface area contributed by atoms with Gasteiger partial charge in [0.15, 0.2) is 0 Å². The Kier molecular flexibility index (Phi) is 26.2. The predicted octanol–water partition coefficient (Wildman–Crippen LogP) is 9.13. The number of rotatable bonds is 26. The molecule has 0 saturated heterocycles. The molecule has 0 saturated carbocycles. The normalized spacial score (nSPS) is 12.2. The van der Waals surface area contributed by atoms with Crippen molar-refractivity contribution in [1.29, 1.82) is 0 Å². The van der Waals surface area contributed by atoms with Crippen LogP contribution in [0, 0.1) is 0 Å². The van der Waals surface area contributed by atoms with E-state index in [0.29, 0.717) is 6.61 Å². The number of carbonyl (C=O) groups excluding carboxylic acids is 1. The van der Waals surface area contributed by atoms with Crippen LogP contribution in [-0.4, -0.2) is 25.2 Å². The van der Waals surface area contributed by atoms with Crippen molar-refractivity contribution in [2.75, 3.05) is 13.2 Å². The fraction of sp³-hybridized carbons (Fsp3) is 0.966. The molecule has 1 atom stereocenters. The molecule has 0 aliphatic carbocycles. The molecule has 0 aliphatic rings. The molecular weight excluding hydrogens is 394 g/mol. The van der Waals surface area contributed by atoms with E-state index >= 15 is 0 Å². The highest BCUT2D eigenvalue weighted by Crippen LogP contribution is 2.12. The van der Waals surface area contributed by atoms with Crippen molar-refractivity contribution in [2.45, 2.75) is 168 Å². The monoisotopic (exact) mass is 453 g/mol. The van der Waals surface area contributed by atoms with E-state index in [1.165, 1.54) is 128 Å². The Labute approximate surface area is 202 Å². The minimum absolute atomic E-state index is 0.0832. The Morgan fingerprint density at radius 2 is 0.906 bits per heavy atom. The van der Waals surface area contributed by atoms with E-state index in [1.807, 2.05) is 6.92 Å². The highest BCUT2D eigenvalue weighted by atomic mass is 16.5. The van der Waals surface area contributed by atoms with E-state index in [1.54, 1.807) is 0 Å². The van der Waals surface area contributed by atoms with Gasteiger partial charge < -0.3 is 10.1 Å². The maximum atomic E-state index is 12.1. The minimum atomic E-state index is -0.175. The fourth-order valence-corrected chi connectivity index (χ4v) is 4.26. The van der Waals surface area contributed by atoms with Gasteiger partial charge in [0.2, 0.25) is 0 Å². The second kappa shape index (κ2) is 26.7. The van der Waals surface area contributed by atoms with Crippen molar-refractivity contribution < 1.29 is 9.53 Å². The van der Waals surface area contributed by atoms with Gasteiger partial charge in [-0.1, -0.05) is 142 Å². The summed E-state index contributed by atoms with van der Waals surface area (Å²) in [6.45, 7) is 7.99. The Hall–Kier alpha value is -0.570. The summed E-state index contributed by atoms with van der Waals surface area (Å²) in [6.07, 6.45) is 29.4. The molecule has 0 spiro atoms. The van der Waals surface area contributed by atoms with Gasteiger partial charge in [-0.3, -0.25) is 4.79 Å². The molecule has 0 rings (SSSR count). The highest BCUT2D eigenvalue weighted by molar-refractivity contribution is 5.75. The van der Waals surface area contributed by atoms with Gasteiger partial charge in [-0.25, -0.2) is 0 Å². The highest BCUT2D eigenvalue weighted by Gasteiger charge is 2.12. The molecule has 32 heavy (non-hydrogen) atoms. The van der Waals surface area contributed by atoms with E-state index in [-0.39, 0.29) is 12.0 Å². The molecule has 192 valence electrons. The Balaban J connectivity index is 3.29. The zero-order valence-corrected chi connectivity index (χ0v) is 22.4. The van der Waals surface area contributed by atoms with Crippen LogP contribution in [0.1, 0.15) is 162 Å². The van der Waals surface area contributed by atoms with Crippen molar-refractivity contribution >= 4 is 5.97 Å². The third-order valence-corrected chi connectivity index (χ3v) is 6.58. The Morgan fingerprint density at radius 3 is 1.31 bits per heavy atom. The largest absolute Gasteiger partial charge is 0.465 e. The Bertz CT molecular complexity index is 372. The third-order valence-electron chi connectivity index (χ3n) is 6.58. The van der Waals surface area contributed by atoms with Crippen molar-refractivity contribution in [1.82, 2.24) is 5.32 Å². The summed E-state index contributed by atoms with van der Waals surface area (Å²) in [6, 6.07) is -0.175. The second-order valence-electron chi connectivity index (χ2n) is 9.91. The van der Waals surface area contributed by atoms with Gasteiger partial charge in [0.05, 0.1) is 6.61 Å². The number of carbonyl (C=O) groups is 1. The van der Waals surface area contributed by atoms with Crippen LogP contribution in [0.2, 0.25) is 0 Å². The average molecular weight is 454 g/mol. The topological polar surface area (TPSA) is 38.3 Å². The zero-order chi connectivity index (χ0) is 23.5. The average Bonchev–Trinajstić information content (AvgIpc) is 2.80. The molecule has 0 amide bonds. The van der Waals surface area contributed by atoms with Crippen LogP contribution < -0.4 is 5.32 Å². The van der Waals surface area contributed by atoms with Gasteiger partial charge >= 0.3 is 5.97 Å². The van der Waals surface area contributed by atoms with Crippen LogP contribution in [0.15, 0.2) is 0 Å². The van der Waals surface area contributed by atoms with Gasteiger partial charge in [0.1, 0.15) is 6.04 Å². The van der Waals surface area contributed by atoms with E-state index in [0.717, 1.165) is 19.4 Å². The van der Waals surface area contributed by atoms with Crippen molar-refractivity contribution in [3.63, 3.8) is 0 Å². The molecule has 1 N–H and O–H groups in total. The number of hydrogen-bond acceptors (Lipinski definition) is 3. The first-order valence-electron chi connectivity index (χ1n) is 14.6. The van der Waals surface area contributed by atoms with Crippen molar-refractivity contribution in [2.24, 2.45) is 0 Å². The molecule has 3 nitrogen and oxygen atoms in total. The number of nitrogens with one attached hydrogen (secondary N) is 1. The molecule has 0 fully saturated rings. The van der Waals surface area contributed by atoms with E-state index in [4.69, 9.17) is 4.74 Å². The summed E-state index contributed by atoms with van der Waals surface area (Å²) in [7, 11) is 0. The molecule has 0 aromatic rings. The van der Waals surface area contributed by atoms with Crippen molar-refractivity contribution in [3.05, 3.63) is 0 Å². The van der Waals surface area contributed by atoms with E-state index in [9.17, 15) is 4.79 Å². The number of ether oxygens (including phenoxy) is 1. The minimum Gasteiger partial charge on any atom is -0.465 e. The van der Waals surface area contributed by atoms with E-state index < -0.39 is 0 Å². The quantitative estimate of drug-likeness (QED) is 0.105. The lowest BCUT2D eigenvalue weighted by Crippen LogP contribution is -2.36. The SMILES string of the molecule is CCCCCCCCCCCCCCOC(=O)C(C)NCCCCCCCCCCCC. The first-order chi connectivity index (χ1) is 15.7. The van der Waals surface area contributed by atoms with Crippen LogP contribution in [-0.2, 0) is 9.53 Å². The second-order valence-corrected chi connectivity index (χ2v) is 9.91. The van der Waals surface area contributed by atoms with Gasteiger partial charge in [0, 0.05) is 0 Å². The first-order valence-corrected chi connectivity index (χ1v) is 14.6. The standard InChI is InChI=1S/C29H59NO2/c1-4-6-8-10-12-14-16-17-19-21-23-25-27-32-29(31)28(3)30-26-24-22-20-18-15-13-11-9-7-5-2/h28,30H,4-27H2,1-3H3. The lowest BCUT2D eigenvalue weighted by molar-refractivity contribution is -0.145. The summed E-state index contributed by atoms with van der Waals surface area (Å²) < 4.78 is 5.44. The molecule has 0 aliphatic heterocycles. The van der Waals surface area contributed by atoms with Gasteiger partial charge in [0.25, 0.3) is 0 Å². The van der Waals surface area contributed by atoms with Crippen LogP contribution in [0.5, 0.6) is 0 Å². The van der Waals surface area contributed by atoms with Crippen LogP contribution >= 0.6 is 0 Å². The summed E-state index contributed by atoms with van der Waals surface area (Å²) in [4.78, 5) is 12.1. The third kappa shape index (κ3) is 24.1. The number of unbranched alkanes of at least 4 members (excludes halogenated alkanes) is 20.